The Morgan fingerprint density at radius 1 is 1.35 bits per heavy atom. The van der Waals surface area contributed by atoms with E-state index in [4.69, 9.17) is 0 Å². The maximum Gasteiger partial charge on any atom is 0.387 e. The number of halogens is 2. The highest BCUT2D eigenvalue weighted by molar-refractivity contribution is 7.93. The lowest BCUT2D eigenvalue weighted by molar-refractivity contribution is -0.0493. The van der Waals surface area contributed by atoms with Crippen LogP contribution < -0.4 is 14.8 Å². The SMILES string of the molecule is O=S(=O)(Nc1ccccc1OC(F)F)C1CCCNC1. The molecule has 1 heterocycles. The summed E-state index contributed by atoms with van der Waals surface area (Å²) < 4.78 is 55.6. The molecule has 1 saturated heterocycles. The van der Waals surface area contributed by atoms with Crippen LogP contribution in [0.4, 0.5) is 14.5 Å². The molecule has 0 spiro atoms. The zero-order valence-corrected chi connectivity index (χ0v) is 11.5. The van der Waals surface area contributed by atoms with E-state index in [1.54, 1.807) is 6.07 Å². The fourth-order valence-corrected chi connectivity index (χ4v) is 3.53. The van der Waals surface area contributed by atoms with Crippen LogP contribution in [0.5, 0.6) is 5.75 Å². The van der Waals surface area contributed by atoms with Gasteiger partial charge in [0.25, 0.3) is 0 Å². The molecule has 1 aliphatic rings. The zero-order valence-electron chi connectivity index (χ0n) is 10.7. The fraction of sp³-hybridized carbons (Fsp3) is 0.500. The highest BCUT2D eigenvalue weighted by Crippen LogP contribution is 2.27. The minimum absolute atomic E-state index is 0.0263. The zero-order chi connectivity index (χ0) is 14.6. The van der Waals surface area contributed by atoms with Gasteiger partial charge < -0.3 is 10.1 Å². The highest BCUT2D eigenvalue weighted by Gasteiger charge is 2.28. The van der Waals surface area contributed by atoms with Gasteiger partial charge in [-0.25, -0.2) is 8.42 Å². The van der Waals surface area contributed by atoms with Crippen molar-refractivity contribution in [1.82, 2.24) is 5.32 Å². The van der Waals surface area contributed by atoms with E-state index >= 15 is 0 Å². The van der Waals surface area contributed by atoms with Gasteiger partial charge in [0.1, 0.15) is 5.75 Å². The van der Waals surface area contributed by atoms with E-state index in [0.717, 1.165) is 13.0 Å². The number of hydrogen-bond acceptors (Lipinski definition) is 4. The molecule has 8 heteroatoms. The van der Waals surface area contributed by atoms with Crippen molar-refractivity contribution in [2.24, 2.45) is 0 Å². The minimum Gasteiger partial charge on any atom is -0.433 e. The summed E-state index contributed by atoms with van der Waals surface area (Å²) in [7, 11) is -3.63. The molecule has 0 amide bonds. The molecule has 2 N–H and O–H groups in total. The lowest BCUT2D eigenvalue weighted by atomic mass is 10.2. The lowest BCUT2D eigenvalue weighted by Gasteiger charge is -2.24. The first-order chi connectivity index (χ1) is 9.49. The Kier molecular flexibility index (Phi) is 4.77. The molecule has 0 aromatic heterocycles. The van der Waals surface area contributed by atoms with Crippen LogP contribution in [0.1, 0.15) is 12.8 Å². The standard InChI is InChI=1S/C12H16F2N2O3S/c13-12(14)19-11-6-2-1-5-10(11)16-20(17,18)9-4-3-7-15-8-9/h1-2,5-6,9,12,15-16H,3-4,7-8H2. The third kappa shape index (κ3) is 3.80. The summed E-state index contributed by atoms with van der Waals surface area (Å²) in [5.41, 5.74) is 0.0263. The van der Waals surface area contributed by atoms with Gasteiger partial charge in [-0.1, -0.05) is 12.1 Å². The molecular weight excluding hydrogens is 290 g/mol. The van der Waals surface area contributed by atoms with Crippen LogP contribution in [0.15, 0.2) is 24.3 Å². The summed E-state index contributed by atoms with van der Waals surface area (Å²) in [4.78, 5) is 0. The Morgan fingerprint density at radius 3 is 2.75 bits per heavy atom. The molecule has 1 aromatic carbocycles. The first-order valence-corrected chi connectivity index (χ1v) is 7.80. The van der Waals surface area contributed by atoms with Crippen molar-refractivity contribution >= 4 is 15.7 Å². The second-order valence-corrected chi connectivity index (χ2v) is 6.45. The molecule has 0 bridgehead atoms. The van der Waals surface area contributed by atoms with Crippen LogP contribution in [0.3, 0.4) is 0 Å². The molecule has 1 aromatic rings. The number of piperidine rings is 1. The van der Waals surface area contributed by atoms with Gasteiger partial charge in [-0.05, 0) is 31.5 Å². The molecule has 0 aliphatic carbocycles. The molecule has 0 saturated carbocycles. The van der Waals surface area contributed by atoms with E-state index in [0.29, 0.717) is 13.0 Å². The van der Waals surface area contributed by atoms with Crippen molar-refractivity contribution in [3.8, 4) is 5.75 Å². The number of nitrogens with one attached hydrogen (secondary N) is 2. The Labute approximate surface area is 116 Å². The van der Waals surface area contributed by atoms with Crippen molar-refractivity contribution in [2.75, 3.05) is 17.8 Å². The molecule has 20 heavy (non-hydrogen) atoms. The first-order valence-electron chi connectivity index (χ1n) is 6.25. The van der Waals surface area contributed by atoms with Gasteiger partial charge in [-0.2, -0.15) is 8.78 Å². The number of anilines is 1. The van der Waals surface area contributed by atoms with Gasteiger partial charge in [0, 0.05) is 6.54 Å². The summed E-state index contributed by atoms with van der Waals surface area (Å²) in [6, 6.07) is 5.74. The van der Waals surface area contributed by atoms with Gasteiger partial charge in [-0.3, -0.25) is 4.72 Å². The molecule has 1 fully saturated rings. The second-order valence-electron chi connectivity index (χ2n) is 4.49. The van der Waals surface area contributed by atoms with Crippen molar-refractivity contribution in [3.05, 3.63) is 24.3 Å². The van der Waals surface area contributed by atoms with E-state index in [1.807, 2.05) is 0 Å². The molecule has 5 nitrogen and oxygen atoms in total. The summed E-state index contributed by atoms with van der Waals surface area (Å²) in [5.74, 6) is -0.185. The van der Waals surface area contributed by atoms with E-state index in [-0.39, 0.29) is 11.4 Å². The molecule has 1 unspecified atom stereocenters. The Hall–Kier alpha value is -1.41. The average Bonchev–Trinajstić information content (AvgIpc) is 2.41. The van der Waals surface area contributed by atoms with E-state index in [9.17, 15) is 17.2 Å². The van der Waals surface area contributed by atoms with Crippen molar-refractivity contribution in [3.63, 3.8) is 0 Å². The topological polar surface area (TPSA) is 67.4 Å². The van der Waals surface area contributed by atoms with Gasteiger partial charge in [-0.15, -0.1) is 0 Å². The molecule has 1 aliphatic heterocycles. The normalized spacial score (nSPS) is 19.9. The Balaban J connectivity index is 2.16. The van der Waals surface area contributed by atoms with E-state index in [2.05, 4.69) is 14.8 Å². The predicted molar refractivity (Wildman–Crippen MR) is 71.5 cm³/mol. The van der Waals surface area contributed by atoms with E-state index < -0.39 is 21.9 Å². The molecule has 112 valence electrons. The van der Waals surface area contributed by atoms with Gasteiger partial charge >= 0.3 is 6.61 Å². The summed E-state index contributed by atoms with van der Waals surface area (Å²) in [6.07, 6.45) is 1.31. The van der Waals surface area contributed by atoms with Crippen LogP contribution in [0, 0.1) is 0 Å². The fourth-order valence-electron chi connectivity index (χ4n) is 2.07. The Morgan fingerprint density at radius 2 is 2.10 bits per heavy atom. The summed E-state index contributed by atoms with van der Waals surface area (Å²) >= 11 is 0. The number of alkyl halides is 2. The van der Waals surface area contributed by atoms with Crippen molar-refractivity contribution < 1.29 is 21.9 Å². The van der Waals surface area contributed by atoms with E-state index in [1.165, 1.54) is 18.2 Å². The van der Waals surface area contributed by atoms with Crippen LogP contribution >= 0.6 is 0 Å². The largest absolute Gasteiger partial charge is 0.433 e. The minimum atomic E-state index is -3.63. The molecular formula is C12H16F2N2O3S. The maximum absolute atomic E-state index is 12.3. The van der Waals surface area contributed by atoms with Crippen molar-refractivity contribution in [2.45, 2.75) is 24.7 Å². The number of benzene rings is 1. The second kappa shape index (κ2) is 6.36. The molecule has 1 atom stereocenters. The third-order valence-electron chi connectivity index (χ3n) is 3.05. The number of hydrogen-bond donors (Lipinski definition) is 2. The highest BCUT2D eigenvalue weighted by atomic mass is 32.2. The third-order valence-corrected chi connectivity index (χ3v) is 4.83. The quantitative estimate of drug-likeness (QED) is 0.870. The number of ether oxygens (including phenoxy) is 1. The Bertz CT molecular complexity index is 545. The van der Waals surface area contributed by atoms with Crippen LogP contribution in [0.2, 0.25) is 0 Å². The van der Waals surface area contributed by atoms with Crippen LogP contribution in [0.25, 0.3) is 0 Å². The molecule has 0 radical (unpaired) electrons. The number of sulfonamides is 1. The van der Waals surface area contributed by atoms with Crippen molar-refractivity contribution in [1.29, 1.82) is 0 Å². The number of para-hydroxylation sites is 2. The monoisotopic (exact) mass is 306 g/mol. The van der Waals surface area contributed by atoms with Crippen LogP contribution in [-0.4, -0.2) is 33.4 Å². The van der Waals surface area contributed by atoms with Gasteiger partial charge in [0.15, 0.2) is 0 Å². The number of rotatable bonds is 5. The van der Waals surface area contributed by atoms with Gasteiger partial charge in [0.2, 0.25) is 10.0 Å². The smallest absolute Gasteiger partial charge is 0.387 e. The average molecular weight is 306 g/mol. The maximum atomic E-state index is 12.3. The summed E-state index contributed by atoms with van der Waals surface area (Å²) in [6.45, 7) is -1.86. The molecule has 2 rings (SSSR count). The van der Waals surface area contributed by atoms with Crippen LogP contribution in [-0.2, 0) is 10.0 Å². The first kappa shape index (κ1) is 15.0. The summed E-state index contributed by atoms with van der Waals surface area (Å²) in [5, 5.41) is 2.43. The predicted octanol–water partition coefficient (Wildman–Crippen LogP) is 1.78. The van der Waals surface area contributed by atoms with Gasteiger partial charge in [0.05, 0.1) is 10.9 Å². The lowest BCUT2D eigenvalue weighted by Crippen LogP contribution is -2.41.